The largest absolute Gasteiger partial charge is 0.495 e. The summed E-state index contributed by atoms with van der Waals surface area (Å²) < 4.78 is 24.7. The van der Waals surface area contributed by atoms with Gasteiger partial charge in [0.2, 0.25) is 5.95 Å². The van der Waals surface area contributed by atoms with Crippen LogP contribution in [0, 0.1) is 5.95 Å². The Balaban J connectivity index is 2.40. The van der Waals surface area contributed by atoms with Gasteiger partial charge in [0, 0.05) is 11.8 Å². The first kappa shape index (κ1) is 13.2. The van der Waals surface area contributed by atoms with Crippen molar-refractivity contribution in [1.29, 1.82) is 0 Å². The van der Waals surface area contributed by atoms with Crippen LogP contribution in [0.5, 0.6) is 0 Å². The van der Waals surface area contributed by atoms with E-state index in [0.717, 1.165) is 0 Å². The van der Waals surface area contributed by atoms with Gasteiger partial charge in [-0.2, -0.15) is 4.39 Å². The smallest absolute Gasteiger partial charge is 0.399 e. The van der Waals surface area contributed by atoms with Crippen LogP contribution in [-0.4, -0.2) is 29.6 Å². The number of aldehydes is 1. The molecule has 1 fully saturated rings. The second-order valence-electron chi connectivity index (χ2n) is 5.34. The van der Waals surface area contributed by atoms with Crippen LogP contribution < -0.4 is 5.46 Å². The quantitative estimate of drug-likeness (QED) is 0.452. The van der Waals surface area contributed by atoms with Crippen LogP contribution in [0.2, 0.25) is 0 Å². The van der Waals surface area contributed by atoms with Crippen molar-refractivity contribution >= 4 is 18.9 Å². The zero-order chi connectivity index (χ0) is 13.6. The maximum atomic E-state index is 13.2. The van der Waals surface area contributed by atoms with Crippen LogP contribution in [-0.2, 0) is 9.31 Å². The molecule has 0 spiro atoms. The molecule has 1 aliphatic rings. The molecule has 0 saturated carbocycles. The Morgan fingerprint density at radius 2 is 1.83 bits per heavy atom. The topological polar surface area (TPSA) is 48.4 Å². The highest BCUT2D eigenvalue weighted by Crippen LogP contribution is 2.36. The van der Waals surface area contributed by atoms with Gasteiger partial charge in [0.25, 0.3) is 0 Å². The zero-order valence-corrected chi connectivity index (χ0v) is 10.9. The van der Waals surface area contributed by atoms with E-state index in [9.17, 15) is 9.18 Å². The van der Waals surface area contributed by atoms with Crippen LogP contribution in [0.1, 0.15) is 38.1 Å². The van der Waals surface area contributed by atoms with Crippen LogP contribution in [0.3, 0.4) is 0 Å². The molecular formula is C12H15BFNO3. The van der Waals surface area contributed by atoms with Crippen molar-refractivity contribution in [2.24, 2.45) is 0 Å². The molecule has 1 aromatic rings. The van der Waals surface area contributed by atoms with Crippen molar-refractivity contribution in [2.45, 2.75) is 38.9 Å². The van der Waals surface area contributed by atoms with Crippen LogP contribution in [0.25, 0.3) is 0 Å². The van der Waals surface area contributed by atoms with E-state index >= 15 is 0 Å². The highest BCUT2D eigenvalue weighted by molar-refractivity contribution is 6.63. The molecule has 0 radical (unpaired) electrons. The number of nitrogens with zero attached hydrogens (tertiary/aromatic N) is 1. The number of carbonyl (C=O) groups excluding carboxylic acids is 1. The normalized spacial score (nSPS) is 21.1. The van der Waals surface area contributed by atoms with Gasteiger partial charge in [-0.05, 0) is 39.2 Å². The maximum Gasteiger partial charge on any atom is 0.495 e. The van der Waals surface area contributed by atoms with Gasteiger partial charge in [0.1, 0.15) is 0 Å². The van der Waals surface area contributed by atoms with E-state index in [1.165, 1.54) is 12.3 Å². The molecule has 1 aliphatic heterocycles. The van der Waals surface area contributed by atoms with E-state index in [1.807, 2.05) is 27.7 Å². The first-order valence-corrected chi connectivity index (χ1v) is 5.73. The Labute approximate surface area is 106 Å². The van der Waals surface area contributed by atoms with Crippen molar-refractivity contribution in [3.05, 3.63) is 23.8 Å². The predicted octanol–water partition coefficient (Wildman–Crippen LogP) is 1.33. The second-order valence-corrected chi connectivity index (χ2v) is 5.34. The van der Waals surface area contributed by atoms with E-state index in [2.05, 4.69) is 4.98 Å². The van der Waals surface area contributed by atoms with E-state index in [0.29, 0.717) is 11.7 Å². The molecule has 96 valence electrons. The highest BCUT2D eigenvalue weighted by Gasteiger charge is 2.52. The number of carbonyl (C=O) groups is 1. The summed E-state index contributed by atoms with van der Waals surface area (Å²) in [6.07, 6.45) is 1.80. The second kappa shape index (κ2) is 4.14. The molecule has 1 aromatic heterocycles. The van der Waals surface area contributed by atoms with Crippen molar-refractivity contribution in [2.75, 3.05) is 0 Å². The Bertz CT molecular complexity index is 474. The summed E-state index contributed by atoms with van der Waals surface area (Å²) in [6, 6.07) is 1.17. The molecule has 2 heterocycles. The lowest BCUT2D eigenvalue weighted by molar-refractivity contribution is 0.00578. The fourth-order valence-corrected chi connectivity index (χ4v) is 1.73. The molecule has 0 bridgehead atoms. The number of rotatable bonds is 2. The summed E-state index contributed by atoms with van der Waals surface area (Å²) in [5.41, 5.74) is -0.416. The molecule has 0 unspecified atom stereocenters. The molecule has 2 rings (SSSR count). The Hall–Kier alpha value is -1.27. The molecule has 0 atom stereocenters. The van der Waals surface area contributed by atoms with Crippen LogP contribution >= 0.6 is 0 Å². The van der Waals surface area contributed by atoms with Gasteiger partial charge in [-0.3, -0.25) is 4.79 Å². The first-order valence-electron chi connectivity index (χ1n) is 5.73. The highest BCUT2D eigenvalue weighted by atomic mass is 19.1. The van der Waals surface area contributed by atoms with Gasteiger partial charge in [-0.1, -0.05) is 0 Å². The number of hydrogen-bond acceptors (Lipinski definition) is 4. The van der Waals surface area contributed by atoms with Gasteiger partial charge >= 0.3 is 7.12 Å². The lowest BCUT2D eigenvalue weighted by atomic mass is 9.77. The minimum atomic E-state index is -0.757. The summed E-state index contributed by atoms with van der Waals surface area (Å²) in [4.78, 5) is 14.4. The average molecular weight is 251 g/mol. The van der Waals surface area contributed by atoms with Crippen molar-refractivity contribution < 1.29 is 18.5 Å². The van der Waals surface area contributed by atoms with Gasteiger partial charge in [0.05, 0.1) is 11.2 Å². The molecular weight excluding hydrogens is 236 g/mol. The van der Waals surface area contributed by atoms with E-state index < -0.39 is 24.3 Å². The lowest BCUT2D eigenvalue weighted by Crippen LogP contribution is -2.41. The number of pyridine rings is 1. The fraction of sp³-hybridized carbons (Fsp3) is 0.500. The standard InChI is InChI=1S/C12H15BFNO3/c1-11(2)12(3,4)18-13(17-11)9-5-10(14)15-6-8(9)7-16/h5-7H,1-4H3. The Kier molecular flexibility index (Phi) is 3.03. The third-order valence-corrected chi connectivity index (χ3v) is 3.57. The molecule has 1 saturated heterocycles. The van der Waals surface area contributed by atoms with Gasteiger partial charge < -0.3 is 9.31 Å². The minimum Gasteiger partial charge on any atom is -0.399 e. The summed E-state index contributed by atoms with van der Waals surface area (Å²) in [5, 5.41) is 0. The number of hydrogen-bond donors (Lipinski definition) is 0. The van der Waals surface area contributed by atoms with Crippen molar-refractivity contribution in [3.8, 4) is 0 Å². The zero-order valence-electron chi connectivity index (χ0n) is 10.9. The summed E-state index contributed by atoms with van der Waals surface area (Å²) in [5.74, 6) is -0.662. The SMILES string of the molecule is CC1(C)OB(c2cc(F)ncc2C=O)OC1(C)C. The fourth-order valence-electron chi connectivity index (χ4n) is 1.73. The molecule has 4 nitrogen and oxygen atoms in total. The Morgan fingerprint density at radius 3 is 2.33 bits per heavy atom. The third kappa shape index (κ3) is 2.06. The average Bonchev–Trinajstić information content (AvgIpc) is 2.48. The summed E-state index contributed by atoms with van der Waals surface area (Å²) in [7, 11) is -0.757. The first-order chi connectivity index (χ1) is 8.27. The van der Waals surface area contributed by atoms with E-state index in [-0.39, 0.29) is 5.56 Å². The number of aromatic nitrogens is 1. The lowest BCUT2D eigenvalue weighted by Gasteiger charge is -2.32. The molecule has 0 aliphatic carbocycles. The van der Waals surface area contributed by atoms with Crippen molar-refractivity contribution in [3.63, 3.8) is 0 Å². The predicted molar refractivity (Wildman–Crippen MR) is 65.3 cm³/mol. The molecule has 0 N–H and O–H groups in total. The van der Waals surface area contributed by atoms with Crippen LogP contribution in [0.15, 0.2) is 12.3 Å². The molecule has 0 aromatic carbocycles. The Morgan fingerprint density at radius 1 is 1.28 bits per heavy atom. The number of halogens is 1. The molecule has 6 heteroatoms. The van der Waals surface area contributed by atoms with Crippen LogP contribution in [0.4, 0.5) is 4.39 Å². The van der Waals surface area contributed by atoms with E-state index in [4.69, 9.17) is 9.31 Å². The monoisotopic (exact) mass is 251 g/mol. The minimum absolute atomic E-state index is 0.273. The maximum absolute atomic E-state index is 13.2. The molecule has 0 amide bonds. The van der Waals surface area contributed by atoms with Gasteiger partial charge in [-0.25, -0.2) is 4.98 Å². The molecule has 18 heavy (non-hydrogen) atoms. The van der Waals surface area contributed by atoms with E-state index in [1.54, 1.807) is 0 Å². The third-order valence-electron chi connectivity index (χ3n) is 3.57. The summed E-state index contributed by atoms with van der Waals surface area (Å²) >= 11 is 0. The summed E-state index contributed by atoms with van der Waals surface area (Å²) in [6.45, 7) is 7.58. The van der Waals surface area contributed by atoms with Crippen molar-refractivity contribution in [1.82, 2.24) is 4.98 Å². The van der Waals surface area contributed by atoms with Gasteiger partial charge in [0.15, 0.2) is 6.29 Å². The van der Waals surface area contributed by atoms with Gasteiger partial charge in [-0.15, -0.1) is 0 Å².